The van der Waals surface area contributed by atoms with Gasteiger partial charge in [-0.05, 0) is 0 Å². The van der Waals surface area contributed by atoms with E-state index in [9.17, 15) is 29.4 Å². The van der Waals surface area contributed by atoms with Gasteiger partial charge < -0.3 is 52.9 Å². The number of aliphatic carboxylic acids is 4. The quantitative estimate of drug-likeness (QED) is 0.113. The standard InChI is InChI=1S/2C4H7NO4.2C2H7NS.Sr/c2*5-2(4(8)9)1-3(6)7;2*3-1-2-4;/h2*2H,1,5H2,(H,6,7)(H,8,9);2*4H,1-3H2;/q;;;;+2/p-2/t2*2-;;;/m00.../s1. The molecule has 2 atom stereocenters. The number of hydrogen-bond acceptors (Lipinski definition) is 12. The molecule has 0 aliphatic heterocycles. The van der Waals surface area contributed by atoms with E-state index < -0.39 is 48.8 Å². The summed E-state index contributed by atoms with van der Waals surface area (Å²) in [5.74, 6) is -3.99. The fraction of sp³-hybridized carbons (Fsp3) is 0.667. The van der Waals surface area contributed by atoms with Crippen molar-refractivity contribution < 1.29 is 39.6 Å². The minimum Gasteiger partial charge on any atom is -0.548 e. The van der Waals surface area contributed by atoms with Crippen molar-refractivity contribution in [2.75, 3.05) is 24.6 Å². The van der Waals surface area contributed by atoms with Crippen LogP contribution in [0.15, 0.2) is 0 Å². The van der Waals surface area contributed by atoms with Gasteiger partial charge in [-0.3, -0.25) is 9.59 Å². The van der Waals surface area contributed by atoms with Gasteiger partial charge in [-0.25, -0.2) is 0 Å². The van der Waals surface area contributed by atoms with Crippen molar-refractivity contribution in [3.8, 4) is 0 Å². The molecule has 12 nitrogen and oxygen atoms in total. The van der Waals surface area contributed by atoms with Crippen molar-refractivity contribution >= 4 is 94.6 Å². The molecule has 0 aromatic carbocycles. The molecule has 0 unspecified atom stereocenters. The van der Waals surface area contributed by atoms with E-state index in [2.05, 4.69) is 25.3 Å². The van der Waals surface area contributed by atoms with E-state index in [1.54, 1.807) is 0 Å². The summed E-state index contributed by atoms with van der Waals surface area (Å²) in [5.41, 5.74) is 19.5. The Hall–Kier alpha value is -0.0995. The normalized spacial score (nSPS) is 10.6. The van der Waals surface area contributed by atoms with E-state index in [0.29, 0.717) is 13.1 Å². The molecule has 0 rings (SSSR count). The summed E-state index contributed by atoms with van der Waals surface area (Å²) in [6, 6.07) is -2.80. The van der Waals surface area contributed by atoms with Gasteiger partial charge in [0.15, 0.2) is 0 Å². The van der Waals surface area contributed by atoms with Gasteiger partial charge in [0, 0.05) is 24.6 Å². The Morgan fingerprint density at radius 3 is 1.00 bits per heavy atom. The van der Waals surface area contributed by atoms with Crippen molar-refractivity contribution in [1.82, 2.24) is 0 Å². The van der Waals surface area contributed by atoms with Crippen LogP contribution in [0.1, 0.15) is 12.8 Å². The zero-order valence-electron chi connectivity index (χ0n) is 14.7. The van der Waals surface area contributed by atoms with E-state index >= 15 is 0 Å². The Labute approximate surface area is 205 Å². The van der Waals surface area contributed by atoms with Crippen LogP contribution < -0.4 is 33.1 Å². The molecular formula is C12H26N4O8S2Sr. The third kappa shape index (κ3) is 46.2. The maximum Gasteiger partial charge on any atom is 2.00 e. The monoisotopic (exact) mass is 506 g/mol. The fourth-order valence-corrected chi connectivity index (χ4v) is 0.543. The third-order valence-corrected chi connectivity index (χ3v) is 2.17. The zero-order valence-corrected chi connectivity index (χ0v) is 19.9. The zero-order chi connectivity index (χ0) is 21.7. The van der Waals surface area contributed by atoms with Gasteiger partial charge in [-0.1, -0.05) is 0 Å². The Morgan fingerprint density at radius 1 is 0.778 bits per heavy atom. The van der Waals surface area contributed by atoms with Gasteiger partial charge in [-0.2, -0.15) is 25.3 Å². The van der Waals surface area contributed by atoms with Crippen LogP contribution in [0.3, 0.4) is 0 Å². The minimum absolute atomic E-state index is 0. The number of rotatable bonds is 8. The largest absolute Gasteiger partial charge is 2.00 e. The molecule has 0 aromatic heterocycles. The molecule has 10 N–H and O–H groups in total. The van der Waals surface area contributed by atoms with Gasteiger partial charge >= 0.3 is 57.4 Å². The number of thiol groups is 2. The second-order valence-electron chi connectivity index (χ2n) is 4.07. The first kappa shape index (κ1) is 37.6. The number of nitrogens with two attached hydrogens (primary N) is 4. The van der Waals surface area contributed by atoms with Gasteiger partial charge in [0.2, 0.25) is 0 Å². The summed E-state index contributed by atoms with van der Waals surface area (Å²) in [6.45, 7) is 1.37. The van der Waals surface area contributed by atoms with Gasteiger partial charge in [0.1, 0.15) is 0 Å². The summed E-state index contributed by atoms with van der Waals surface area (Å²) in [4.78, 5) is 39.0. The van der Waals surface area contributed by atoms with Gasteiger partial charge in [0.05, 0.1) is 36.9 Å². The molecular weight excluding hydrogens is 480 g/mol. The Kier molecular flexibility index (Phi) is 39.2. The summed E-state index contributed by atoms with van der Waals surface area (Å²) >= 11 is 7.59. The van der Waals surface area contributed by atoms with E-state index in [4.69, 9.17) is 33.1 Å². The maximum atomic E-state index is 9.74. The van der Waals surface area contributed by atoms with E-state index in [-0.39, 0.29) is 45.5 Å². The molecule has 0 fully saturated rings. The molecule has 0 saturated carbocycles. The average Bonchev–Trinajstić information content (AvgIpc) is 2.54. The molecule has 0 spiro atoms. The number of carbonyl (C=O) groups is 4. The second kappa shape index (κ2) is 28.1. The van der Waals surface area contributed by atoms with Crippen LogP contribution in [-0.4, -0.2) is 116 Å². The number of hydrogen-bond donors (Lipinski definition) is 8. The molecule has 0 heterocycles. The number of carboxylic acid groups (broad SMARTS) is 4. The van der Waals surface area contributed by atoms with Crippen molar-refractivity contribution in [3.05, 3.63) is 0 Å². The molecule has 0 bridgehead atoms. The van der Waals surface area contributed by atoms with Crippen LogP contribution in [0, 0.1) is 0 Å². The molecule has 0 amide bonds. The van der Waals surface area contributed by atoms with Crippen LogP contribution >= 0.6 is 25.3 Å². The van der Waals surface area contributed by atoms with E-state index in [0.717, 1.165) is 11.5 Å². The first-order valence-corrected chi connectivity index (χ1v) is 8.15. The van der Waals surface area contributed by atoms with Crippen LogP contribution in [0.4, 0.5) is 0 Å². The topological polar surface area (TPSA) is 259 Å². The second-order valence-corrected chi connectivity index (χ2v) is 4.97. The Bertz CT molecular complexity index is 368. The predicted molar refractivity (Wildman–Crippen MR) is 102 cm³/mol. The molecule has 0 radical (unpaired) electrons. The minimum atomic E-state index is -1.54. The fourth-order valence-electron chi connectivity index (χ4n) is 0.543. The molecule has 15 heteroatoms. The molecule has 156 valence electrons. The summed E-state index contributed by atoms with van der Waals surface area (Å²) in [6.07, 6.45) is -1.19. The Balaban J connectivity index is -0.0000000843. The van der Waals surface area contributed by atoms with Crippen molar-refractivity contribution in [3.63, 3.8) is 0 Å². The van der Waals surface area contributed by atoms with Crippen molar-refractivity contribution in [1.29, 1.82) is 0 Å². The molecule has 0 aliphatic carbocycles. The third-order valence-electron chi connectivity index (χ3n) is 1.65. The van der Waals surface area contributed by atoms with Crippen LogP contribution in [0.25, 0.3) is 0 Å². The van der Waals surface area contributed by atoms with E-state index in [1.165, 1.54) is 0 Å². The van der Waals surface area contributed by atoms with Crippen molar-refractivity contribution in [2.24, 2.45) is 22.9 Å². The molecule has 27 heavy (non-hydrogen) atoms. The van der Waals surface area contributed by atoms with Crippen LogP contribution in [0.2, 0.25) is 0 Å². The Morgan fingerprint density at radius 2 is 0.963 bits per heavy atom. The molecule has 0 saturated heterocycles. The summed E-state index contributed by atoms with van der Waals surface area (Å²) in [7, 11) is 0. The van der Waals surface area contributed by atoms with Crippen LogP contribution in [0.5, 0.6) is 0 Å². The predicted octanol–water partition coefficient (Wildman–Crippen LogP) is -5.55. The molecule has 0 aliphatic rings. The smallest absolute Gasteiger partial charge is 0.548 e. The van der Waals surface area contributed by atoms with Crippen LogP contribution in [-0.2, 0) is 19.2 Å². The summed E-state index contributed by atoms with van der Waals surface area (Å²) < 4.78 is 0. The van der Waals surface area contributed by atoms with Gasteiger partial charge in [0.25, 0.3) is 0 Å². The number of carboxylic acids is 4. The first-order valence-electron chi connectivity index (χ1n) is 6.89. The average molecular weight is 506 g/mol. The summed E-state index contributed by atoms with van der Waals surface area (Å²) in [5, 5.41) is 35.4. The maximum absolute atomic E-state index is 9.74. The van der Waals surface area contributed by atoms with Gasteiger partial charge in [-0.15, -0.1) is 0 Å². The SMILES string of the molecule is NCCS.NCCS.N[C@@H](CC(=O)O)C(=O)[O-].N[C@@H](CC(=O)O)C(=O)[O-].[Sr+2]. The first-order chi connectivity index (χ1) is 11.9. The van der Waals surface area contributed by atoms with E-state index in [1.807, 2.05) is 0 Å². The number of carbonyl (C=O) groups excluding carboxylic acids is 2. The van der Waals surface area contributed by atoms with Crippen molar-refractivity contribution in [2.45, 2.75) is 24.9 Å². The molecule has 0 aromatic rings.